The highest BCUT2D eigenvalue weighted by atomic mass is 79.9. The summed E-state index contributed by atoms with van der Waals surface area (Å²) in [5, 5.41) is 6.41. The molecule has 4 heteroatoms. The Morgan fingerprint density at radius 2 is 2.00 bits per heavy atom. The molecule has 0 fully saturated rings. The first-order chi connectivity index (χ1) is 8.70. The zero-order valence-electron chi connectivity index (χ0n) is 10.1. The molecule has 0 saturated carbocycles. The van der Waals surface area contributed by atoms with Crippen LogP contribution in [0.2, 0.25) is 5.02 Å². The Kier molecular flexibility index (Phi) is 5.25. The van der Waals surface area contributed by atoms with Gasteiger partial charge in [-0.3, -0.25) is 0 Å². The van der Waals surface area contributed by atoms with Crippen LogP contribution in [0.4, 0.5) is 0 Å². The van der Waals surface area contributed by atoms with Crippen molar-refractivity contribution >= 4 is 38.9 Å². The lowest BCUT2D eigenvalue weighted by atomic mass is 10.0. The Morgan fingerprint density at radius 1 is 1.28 bits per heavy atom. The average molecular weight is 345 g/mol. The molecule has 1 aromatic carbocycles. The number of halogens is 2. The van der Waals surface area contributed by atoms with E-state index in [1.807, 2.05) is 11.4 Å². The maximum absolute atomic E-state index is 6.22. The van der Waals surface area contributed by atoms with E-state index in [4.69, 9.17) is 11.6 Å². The van der Waals surface area contributed by atoms with Gasteiger partial charge in [-0.25, -0.2) is 0 Å². The van der Waals surface area contributed by atoms with Crippen LogP contribution in [-0.4, -0.2) is 6.54 Å². The first kappa shape index (κ1) is 14.1. The summed E-state index contributed by atoms with van der Waals surface area (Å²) in [6, 6.07) is 10.7. The molecule has 1 N–H and O–H groups in total. The normalized spacial score (nSPS) is 12.6. The third-order valence-electron chi connectivity index (χ3n) is 2.76. The molecular formula is C14H15BrClNS. The summed E-state index contributed by atoms with van der Waals surface area (Å²) in [6.07, 6.45) is 0.960. The van der Waals surface area contributed by atoms with Crippen LogP contribution in [0.25, 0.3) is 0 Å². The molecule has 1 unspecified atom stereocenters. The van der Waals surface area contributed by atoms with E-state index in [1.165, 1.54) is 10.4 Å². The predicted molar refractivity (Wildman–Crippen MR) is 83.6 cm³/mol. The van der Waals surface area contributed by atoms with Gasteiger partial charge in [0.15, 0.2) is 0 Å². The summed E-state index contributed by atoms with van der Waals surface area (Å²) >= 11 is 11.4. The van der Waals surface area contributed by atoms with Crippen molar-refractivity contribution in [2.24, 2.45) is 0 Å². The molecule has 0 aliphatic heterocycles. The number of likely N-dealkylation sites (N-methyl/N-ethyl adjacent to an activating group) is 1. The predicted octanol–water partition coefficient (Wildman–Crippen LogP) is 5.06. The van der Waals surface area contributed by atoms with Crippen LogP contribution in [-0.2, 0) is 6.42 Å². The number of hydrogen-bond acceptors (Lipinski definition) is 2. The maximum Gasteiger partial charge on any atom is 0.0561 e. The van der Waals surface area contributed by atoms with Crippen LogP contribution in [0.15, 0.2) is 40.2 Å². The molecule has 0 saturated heterocycles. The van der Waals surface area contributed by atoms with Gasteiger partial charge in [0.25, 0.3) is 0 Å². The van der Waals surface area contributed by atoms with Gasteiger partial charge in [0.05, 0.1) is 5.02 Å². The molecule has 0 aliphatic rings. The summed E-state index contributed by atoms with van der Waals surface area (Å²) < 4.78 is 1.11. The largest absolute Gasteiger partial charge is 0.309 e. The fraction of sp³-hybridized carbons (Fsp3) is 0.286. The van der Waals surface area contributed by atoms with Crippen molar-refractivity contribution < 1.29 is 0 Å². The highest BCUT2D eigenvalue weighted by molar-refractivity contribution is 9.10. The first-order valence-corrected chi connectivity index (χ1v) is 7.96. The van der Waals surface area contributed by atoms with Crippen LogP contribution >= 0.6 is 38.9 Å². The van der Waals surface area contributed by atoms with Gasteiger partial charge in [0, 0.05) is 15.4 Å². The molecule has 18 heavy (non-hydrogen) atoms. The fourth-order valence-corrected chi connectivity index (χ4v) is 3.44. The molecule has 2 rings (SSSR count). The van der Waals surface area contributed by atoms with Gasteiger partial charge in [-0.1, -0.05) is 46.6 Å². The molecule has 0 radical (unpaired) electrons. The van der Waals surface area contributed by atoms with Gasteiger partial charge >= 0.3 is 0 Å². The third kappa shape index (κ3) is 3.58. The van der Waals surface area contributed by atoms with E-state index < -0.39 is 0 Å². The second-order valence-corrected chi connectivity index (χ2v) is 6.34. The van der Waals surface area contributed by atoms with E-state index >= 15 is 0 Å². The average Bonchev–Trinajstić information content (AvgIpc) is 2.78. The third-order valence-corrected chi connectivity index (χ3v) is 4.77. The van der Waals surface area contributed by atoms with E-state index in [0.717, 1.165) is 22.5 Å². The van der Waals surface area contributed by atoms with Crippen molar-refractivity contribution in [1.82, 2.24) is 5.32 Å². The first-order valence-electron chi connectivity index (χ1n) is 5.91. The monoisotopic (exact) mass is 343 g/mol. The minimum atomic E-state index is 0.295. The van der Waals surface area contributed by atoms with E-state index in [0.29, 0.717) is 6.04 Å². The van der Waals surface area contributed by atoms with Crippen molar-refractivity contribution in [3.8, 4) is 0 Å². The number of rotatable bonds is 5. The standard InChI is InChI=1S/C14H15BrClNS/c1-2-17-13(14-12(16)7-8-18-14)9-10-3-5-11(15)6-4-10/h3-8,13,17H,2,9H2,1H3. The summed E-state index contributed by atoms with van der Waals surface area (Å²) in [6.45, 7) is 3.06. The zero-order chi connectivity index (χ0) is 13.0. The Morgan fingerprint density at radius 3 is 2.56 bits per heavy atom. The van der Waals surface area contributed by atoms with Gasteiger partial charge in [-0.15, -0.1) is 11.3 Å². The van der Waals surface area contributed by atoms with Crippen LogP contribution in [0.3, 0.4) is 0 Å². The lowest BCUT2D eigenvalue weighted by Gasteiger charge is -2.17. The lowest BCUT2D eigenvalue weighted by molar-refractivity contribution is 0.558. The molecule has 1 aromatic heterocycles. The molecule has 1 nitrogen and oxygen atoms in total. The zero-order valence-corrected chi connectivity index (χ0v) is 13.3. The Hall–Kier alpha value is -0.350. The number of nitrogens with one attached hydrogen (secondary N) is 1. The van der Waals surface area contributed by atoms with Crippen LogP contribution in [0.5, 0.6) is 0 Å². The van der Waals surface area contributed by atoms with Gasteiger partial charge in [-0.2, -0.15) is 0 Å². The Balaban J connectivity index is 2.16. The molecule has 0 bridgehead atoms. The fourth-order valence-electron chi connectivity index (χ4n) is 1.91. The van der Waals surface area contributed by atoms with E-state index in [9.17, 15) is 0 Å². The SMILES string of the molecule is CCNC(Cc1ccc(Br)cc1)c1sccc1Cl. The molecule has 0 aliphatic carbocycles. The van der Waals surface area contributed by atoms with Crippen LogP contribution in [0, 0.1) is 0 Å². The van der Waals surface area contributed by atoms with Crippen molar-refractivity contribution in [2.75, 3.05) is 6.54 Å². The molecular weight excluding hydrogens is 330 g/mol. The number of hydrogen-bond donors (Lipinski definition) is 1. The minimum absolute atomic E-state index is 0.295. The topological polar surface area (TPSA) is 12.0 Å². The molecule has 96 valence electrons. The van der Waals surface area contributed by atoms with Crippen molar-refractivity contribution in [3.63, 3.8) is 0 Å². The van der Waals surface area contributed by atoms with Gasteiger partial charge < -0.3 is 5.32 Å². The van der Waals surface area contributed by atoms with Crippen LogP contribution < -0.4 is 5.32 Å². The quantitative estimate of drug-likeness (QED) is 0.799. The smallest absolute Gasteiger partial charge is 0.0561 e. The Bertz CT molecular complexity index is 495. The summed E-state index contributed by atoms with van der Waals surface area (Å²) in [5.41, 5.74) is 1.31. The molecule has 2 aromatic rings. The molecule has 1 heterocycles. The van der Waals surface area contributed by atoms with Crippen LogP contribution in [0.1, 0.15) is 23.4 Å². The van der Waals surface area contributed by atoms with Gasteiger partial charge in [0.1, 0.15) is 0 Å². The lowest BCUT2D eigenvalue weighted by Crippen LogP contribution is -2.22. The van der Waals surface area contributed by atoms with Gasteiger partial charge in [0.2, 0.25) is 0 Å². The van der Waals surface area contributed by atoms with Crippen molar-refractivity contribution in [2.45, 2.75) is 19.4 Å². The summed E-state index contributed by atoms with van der Waals surface area (Å²) in [5.74, 6) is 0. The Labute approximate surface area is 125 Å². The van der Waals surface area contributed by atoms with Crippen molar-refractivity contribution in [3.05, 3.63) is 55.6 Å². The van der Waals surface area contributed by atoms with E-state index in [1.54, 1.807) is 11.3 Å². The molecule has 0 spiro atoms. The van der Waals surface area contributed by atoms with E-state index in [-0.39, 0.29) is 0 Å². The summed E-state index contributed by atoms with van der Waals surface area (Å²) in [7, 11) is 0. The minimum Gasteiger partial charge on any atom is -0.309 e. The van der Waals surface area contributed by atoms with Crippen molar-refractivity contribution in [1.29, 1.82) is 0 Å². The molecule has 0 amide bonds. The second kappa shape index (κ2) is 6.71. The molecule has 1 atom stereocenters. The highest BCUT2D eigenvalue weighted by Gasteiger charge is 2.15. The number of benzene rings is 1. The highest BCUT2D eigenvalue weighted by Crippen LogP contribution is 2.31. The summed E-state index contributed by atoms with van der Waals surface area (Å²) in [4.78, 5) is 1.22. The van der Waals surface area contributed by atoms with Gasteiger partial charge in [-0.05, 0) is 42.1 Å². The van der Waals surface area contributed by atoms with E-state index in [2.05, 4.69) is 52.4 Å². The number of thiophene rings is 1. The second-order valence-electron chi connectivity index (χ2n) is 4.07. The maximum atomic E-state index is 6.22.